The van der Waals surface area contributed by atoms with E-state index >= 15 is 0 Å². The minimum absolute atomic E-state index is 0.184. The molecule has 1 unspecified atom stereocenters. The first-order valence-electron chi connectivity index (χ1n) is 5.69. The fourth-order valence-electron chi connectivity index (χ4n) is 1.65. The summed E-state index contributed by atoms with van der Waals surface area (Å²) in [6.45, 7) is 4.12. The van der Waals surface area contributed by atoms with E-state index in [9.17, 15) is 4.79 Å². The standard InChI is InChI=1S/C13H19NO2/c1-3-11-6-4-5-7-12(11)14-10(2)8-9-13(15)16/h4-7,10,14H,3,8-9H2,1-2H3,(H,15,16). The van der Waals surface area contributed by atoms with E-state index in [0.717, 1.165) is 12.1 Å². The second kappa shape index (κ2) is 6.16. The van der Waals surface area contributed by atoms with Crippen LogP contribution >= 0.6 is 0 Å². The van der Waals surface area contributed by atoms with Crippen LogP contribution in [0.25, 0.3) is 0 Å². The Morgan fingerprint density at radius 1 is 1.44 bits per heavy atom. The Balaban J connectivity index is 2.55. The minimum Gasteiger partial charge on any atom is -0.481 e. The van der Waals surface area contributed by atoms with Crippen LogP contribution in [0.2, 0.25) is 0 Å². The van der Waals surface area contributed by atoms with E-state index in [1.54, 1.807) is 0 Å². The highest BCUT2D eigenvalue weighted by Crippen LogP contribution is 2.17. The largest absolute Gasteiger partial charge is 0.481 e. The van der Waals surface area contributed by atoms with Crippen molar-refractivity contribution in [2.45, 2.75) is 39.2 Å². The van der Waals surface area contributed by atoms with Crippen molar-refractivity contribution in [3.05, 3.63) is 29.8 Å². The number of anilines is 1. The van der Waals surface area contributed by atoms with Gasteiger partial charge in [0.15, 0.2) is 0 Å². The molecule has 3 nitrogen and oxygen atoms in total. The maximum atomic E-state index is 10.5. The molecular weight excluding hydrogens is 202 g/mol. The molecule has 0 saturated carbocycles. The molecule has 0 fully saturated rings. The SMILES string of the molecule is CCc1ccccc1NC(C)CCC(=O)O. The summed E-state index contributed by atoms with van der Waals surface area (Å²) in [7, 11) is 0. The molecule has 0 radical (unpaired) electrons. The van der Waals surface area contributed by atoms with Crippen molar-refractivity contribution >= 4 is 11.7 Å². The number of hydrogen-bond acceptors (Lipinski definition) is 2. The van der Waals surface area contributed by atoms with Crippen molar-refractivity contribution in [1.29, 1.82) is 0 Å². The monoisotopic (exact) mass is 221 g/mol. The van der Waals surface area contributed by atoms with Crippen LogP contribution in [0.3, 0.4) is 0 Å². The summed E-state index contributed by atoms with van der Waals surface area (Å²) in [5.74, 6) is -0.738. The molecule has 88 valence electrons. The van der Waals surface area contributed by atoms with E-state index in [2.05, 4.69) is 18.3 Å². The number of nitrogens with one attached hydrogen (secondary N) is 1. The molecule has 0 aliphatic carbocycles. The van der Waals surface area contributed by atoms with Gasteiger partial charge in [0.05, 0.1) is 0 Å². The average molecular weight is 221 g/mol. The fourth-order valence-corrected chi connectivity index (χ4v) is 1.65. The van der Waals surface area contributed by atoms with Crippen molar-refractivity contribution in [2.24, 2.45) is 0 Å². The zero-order valence-corrected chi connectivity index (χ0v) is 9.86. The van der Waals surface area contributed by atoms with Crippen LogP contribution in [-0.2, 0) is 11.2 Å². The summed E-state index contributed by atoms with van der Waals surface area (Å²) in [6, 6.07) is 8.32. The number of hydrogen-bond donors (Lipinski definition) is 2. The van der Waals surface area contributed by atoms with Crippen LogP contribution in [0.4, 0.5) is 5.69 Å². The summed E-state index contributed by atoms with van der Waals surface area (Å²) in [6.07, 6.45) is 1.84. The van der Waals surface area contributed by atoms with Gasteiger partial charge in [-0.05, 0) is 31.4 Å². The van der Waals surface area contributed by atoms with Gasteiger partial charge in [-0.25, -0.2) is 0 Å². The van der Waals surface area contributed by atoms with Crippen molar-refractivity contribution in [2.75, 3.05) is 5.32 Å². The lowest BCUT2D eigenvalue weighted by atomic mass is 10.1. The van der Waals surface area contributed by atoms with Gasteiger partial charge in [-0.1, -0.05) is 25.1 Å². The highest BCUT2D eigenvalue weighted by atomic mass is 16.4. The molecule has 1 rings (SSSR count). The number of rotatable bonds is 6. The Hall–Kier alpha value is -1.51. The van der Waals surface area contributed by atoms with Crippen LogP contribution < -0.4 is 5.32 Å². The highest BCUT2D eigenvalue weighted by molar-refractivity contribution is 5.66. The van der Waals surface area contributed by atoms with Crippen LogP contribution in [0.5, 0.6) is 0 Å². The molecule has 0 aromatic heterocycles. The maximum absolute atomic E-state index is 10.5. The van der Waals surface area contributed by atoms with Crippen molar-refractivity contribution in [3.8, 4) is 0 Å². The first kappa shape index (κ1) is 12.6. The molecule has 0 spiro atoms. The molecule has 0 heterocycles. The molecule has 0 saturated heterocycles. The number of aryl methyl sites for hydroxylation is 1. The van der Waals surface area contributed by atoms with Crippen molar-refractivity contribution in [3.63, 3.8) is 0 Å². The predicted molar refractivity (Wildman–Crippen MR) is 65.8 cm³/mol. The van der Waals surface area contributed by atoms with Gasteiger partial charge in [-0.2, -0.15) is 0 Å². The summed E-state index contributed by atoms with van der Waals surface area (Å²) < 4.78 is 0. The molecule has 1 aromatic rings. The first-order chi connectivity index (χ1) is 7.63. The molecule has 2 N–H and O–H groups in total. The third-order valence-electron chi connectivity index (χ3n) is 2.59. The summed E-state index contributed by atoms with van der Waals surface area (Å²) >= 11 is 0. The second-order valence-electron chi connectivity index (χ2n) is 3.99. The summed E-state index contributed by atoms with van der Waals surface area (Å²) in [5.41, 5.74) is 2.38. The molecule has 0 aliphatic rings. The van der Waals surface area contributed by atoms with Crippen LogP contribution in [0.1, 0.15) is 32.3 Å². The second-order valence-corrected chi connectivity index (χ2v) is 3.99. The Labute approximate surface area is 96.5 Å². The summed E-state index contributed by atoms with van der Waals surface area (Å²) in [4.78, 5) is 10.5. The van der Waals surface area contributed by atoms with Gasteiger partial charge < -0.3 is 10.4 Å². The molecular formula is C13H19NO2. The zero-order valence-electron chi connectivity index (χ0n) is 9.86. The van der Waals surface area contributed by atoms with Gasteiger partial charge in [0.2, 0.25) is 0 Å². The fraction of sp³-hybridized carbons (Fsp3) is 0.462. The van der Waals surface area contributed by atoms with Crippen LogP contribution in [0, 0.1) is 0 Å². The van der Waals surface area contributed by atoms with E-state index in [-0.39, 0.29) is 12.5 Å². The van der Waals surface area contributed by atoms with E-state index in [1.807, 2.05) is 25.1 Å². The smallest absolute Gasteiger partial charge is 0.303 e. The molecule has 1 atom stereocenters. The third kappa shape index (κ3) is 3.93. The Bertz CT molecular complexity index is 350. The topological polar surface area (TPSA) is 49.3 Å². The number of aliphatic carboxylic acids is 1. The Kier molecular flexibility index (Phi) is 4.83. The molecule has 0 amide bonds. The number of carboxylic acid groups (broad SMARTS) is 1. The van der Waals surface area contributed by atoms with Crippen LogP contribution in [0.15, 0.2) is 24.3 Å². The van der Waals surface area contributed by atoms with Crippen LogP contribution in [-0.4, -0.2) is 17.1 Å². The lowest BCUT2D eigenvalue weighted by molar-refractivity contribution is -0.137. The predicted octanol–water partition coefficient (Wildman–Crippen LogP) is 2.91. The van der Waals surface area contributed by atoms with E-state index in [0.29, 0.717) is 6.42 Å². The van der Waals surface area contributed by atoms with Gasteiger partial charge in [-0.3, -0.25) is 4.79 Å². The number of benzene rings is 1. The third-order valence-corrected chi connectivity index (χ3v) is 2.59. The molecule has 3 heteroatoms. The van der Waals surface area contributed by atoms with E-state index in [4.69, 9.17) is 5.11 Å². The quantitative estimate of drug-likeness (QED) is 0.776. The van der Waals surface area contributed by atoms with E-state index in [1.165, 1.54) is 5.56 Å². The van der Waals surface area contributed by atoms with Gasteiger partial charge >= 0.3 is 5.97 Å². The van der Waals surface area contributed by atoms with Gasteiger partial charge in [0.25, 0.3) is 0 Å². The lowest BCUT2D eigenvalue weighted by Crippen LogP contribution is -2.17. The average Bonchev–Trinajstić information content (AvgIpc) is 2.27. The van der Waals surface area contributed by atoms with E-state index < -0.39 is 5.97 Å². The first-order valence-corrected chi connectivity index (χ1v) is 5.69. The zero-order chi connectivity index (χ0) is 12.0. The number of carbonyl (C=O) groups is 1. The van der Waals surface area contributed by atoms with Gasteiger partial charge in [0, 0.05) is 18.2 Å². The van der Waals surface area contributed by atoms with Gasteiger partial charge in [-0.15, -0.1) is 0 Å². The number of carboxylic acids is 1. The normalized spacial score (nSPS) is 12.1. The Morgan fingerprint density at radius 3 is 2.75 bits per heavy atom. The minimum atomic E-state index is -0.738. The Morgan fingerprint density at radius 2 is 2.12 bits per heavy atom. The summed E-state index contributed by atoms with van der Waals surface area (Å²) in [5, 5.41) is 12.0. The van der Waals surface area contributed by atoms with Crippen molar-refractivity contribution < 1.29 is 9.90 Å². The molecule has 16 heavy (non-hydrogen) atoms. The van der Waals surface area contributed by atoms with Gasteiger partial charge in [0.1, 0.15) is 0 Å². The lowest BCUT2D eigenvalue weighted by Gasteiger charge is -2.16. The molecule has 0 aliphatic heterocycles. The number of para-hydroxylation sites is 1. The molecule has 0 bridgehead atoms. The van der Waals surface area contributed by atoms with Crippen molar-refractivity contribution in [1.82, 2.24) is 0 Å². The maximum Gasteiger partial charge on any atom is 0.303 e. The highest BCUT2D eigenvalue weighted by Gasteiger charge is 2.06. The molecule has 1 aromatic carbocycles.